The van der Waals surface area contributed by atoms with Crippen LogP contribution in [-0.4, -0.2) is 48.6 Å². The Balaban J connectivity index is 1.06. The third kappa shape index (κ3) is 5.20. The van der Waals surface area contributed by atoms with E-state index in [1.807, 2.05) is 24.6 Å². The number of ether oxygens (including phenoxy) is 1. The molecular formula is C33H29FN6O3S. The van der Waals surface area contributed by atoms with Gasteiger partial charge in [0.1, 0.15) is 18.2 Å². The van der Waals surface area contributed by atoms with Crippen LogP contribution in [0.4, 0.5) is 4.39 Å². The molecule has 7 rings (SSSR count). The third-order valence-electron chi connectivity index (χ3n) is 8.96. The second-order valence-corrected chi connectivity index (χ2v) is 12.5. The molecule has 1 N–H and O–H groups in total. The van der Waals surface area contributed by atoms with Crippen LogP contribution in [0.1, 0.15) is 56.4 Å². The summed E-state index contributed by atoms with van der Waals surface area (Å²) in [5.41, 5.74) is 6.31. The number of hydrogen-bond donors (Lipinski definition) is 1. The van der Waals surface area contributed by atoms with Crippen LogP contribution in [0.25, 0.3) is 11.0 Å². The number of likely N-dealkylation sites (tertiary alicyclic amines) is 1. The number of fused-ring (bicyclic) bond motifs is 2. The molecule has 2 atom stereocenters. The summed E-state index contributed by atoms with van der Waals surface area (Å²) in [6, 6.07) is 17.2. The van der Waals surface area contributed by atoms with Gasteiger partial charge >= 0.3 is 5.97 Å². The number of thiazole rings is 1. The molecule has 1 unspecified atom stereocenters. The van der Waals surface area contributed by atoms with E-state index in [-0.39, 0.29) is 23.1 Å². The fourth-order valence-corrected chi connectivity index (χ4v) is 7.12. The maximum Gasteiger partial charge on any atom is 0.335 e. The molecule has 9 nitrogen and oxygen atoms in total. The zero-order valence-corrected chi connectivity index (χ0v) is 24.9. The lowest BCUT2D eigenvalue weighted by Crippen LogP contribution is -2.37. The van der Waals surface area contributed by atoms with Gasteiger partial charge in [-0.2, -0.15) is 5.26 Å². The van der Waals surface area contributed by atoms with Crippen molar-refractivity contribution in [3.05, 3.63) is 105 Å². The van der Waals surface area contributed by atoms with Gasteiger partial charge in [0.15, 0.2) is 0 Å². The highest BCUT2D eigenvalue weighted by Crippen LogP contribution is 2.59. The minimum Gasteiger partial charge on any atom is -0.478 e. The van der Waals surface area contributed by atoms with Crippen molar-refractivity contribution < 1.29 is 19.0 Å². The Bertz CT molecular complexity index is 1950. The highest BCUT2D eigenvalue weighted by molar-refractivity contribution is 7.09. The number of piperidine rings is 1. The fourth-order valence-electron chi connectivity index (χ4n) is 6.35. The summed E-state index contributed by atoms with van der Waals surface area (Å²) in [6.45, 7) is 5.07. The number of carboxylic acids is 1. The topological polar surface area (TPSA) is 117 Å². The van der Waals surface area contributed by atoms with Crippen molar-refractivity contribution in [1.29, 1.82) is 5.26 Å². The molecule has 222 valence electrons. The van der Waals surface area contributed by atoms with Crippen LogP contribution in [0.2, 0.25) is 0 Å². The highest BCUT2D eigenvalue weighted by atomic mass is 32.1. The Hall–Kier alpha value is -4.66. The lowest BCUT2D eigenvalue weighted by molar-refractivity contribution is 0.0697. The van der Waals surface area contributed by atoms with Crippen molar-refractivity contribution in [2.45, 2.75) is 44.9 Å². The highest BCUT2D eigenvalue weighted by Gasteiger charge is 2.58. The van der Waals surface area contributed by atoms with E-state index < -0.39 is 11.8 Å². The Morgan fingerprint density at radius 3 is 2.84 bits per heavy atom. The van der Waals surface area contributed by atoms with Crippen molar-refractivity contribution in [3.63, 3.8) is 0 Å². The first-order chi connectivity index (χ1) is 21.3. The number of pyridine rings is 1. The van der Waals surface area contributed by atoms with Crippen molar-refractivity contribution in [1.82, 2.24) is 24.4 Å². The first-order valence-electron chi connectivity index (χ1n) is 14.5. The monoisotopic (exact) mass is 608 g/mol. The first kappa shape index (κ1) is 28.1. The lowest BCUT2D eigenvalue weighted by Gasteiger charge is -2.31. The van der Waals surface area contributed by atoms with Crippen LogP contribution in [0.15, 0.2) is 60.1 Å². The van der Waals surface area contributed by atoms with E-state index >= 15 is 0 Å². The molecule has 2 fully saturated rings. The van der Waals surface area contributed by atoms with Gasteiger partial charge in [-0.3, -0.25) is 4.90 Å². The first-order valence-corrected chi connectivity index (χ1v) is 15.3. The number of nitrogens with zero attached hydrogens (tertiary/aromatic N) is 6. The van der Waals surface area contributed by atoms with E-state index in [1.165, 1.54) is 6.07 Å². The molecule has 44 heavy (non-hydrogen) atoms. The molecule has 1 saturated carbocycles. The number of rotatable bonds is 9. The number of hydrogen-bond acceptors (Lipinski definition) is 8. The summed E-state index contributed by atoms with van der Waals surface area (Å²) >= 11 is 1.59. The number of aromatic carboxylic acids is 1. The number of imidazole rings is 1. The van der Waals surface area contributed by atoms with E-state index in [4.69, 9.17) is 20.0 Å². The van der Waals surface area contributed by atoms with Crippen LogP contribution in [0.5, 0.6) is 5.88 Å². The maximum absolute atomic E-state index is 14.3. The fraction of sp³-hybridized carbons (Fsp3) is 0.303. The molecular weight excluding hydrogens is 579 g/mol. The molecule has 2 aromatic carbocycles. The molecule has 11 heteroatoms. The van der Waals surface area contributed by atoms with Crippen LogP contribution >= 0.6 is 11.3 Å². The van der Waals surface area contributed by atoms with Crippen LogP contribution in [-0.2, 0) is 25.1 Å². The quantitative estimate of drug-likeness (QED) is 0.227. The number of aromatic nitrogens is 4. The standard InChI is InChI=1S/C33H29FN6O3S/c1-20-28(44-19-36-20)16-40-27-12-22(32(41)42)7-8-26(27)37-30(40)17-39-10-9-33(13-24(33)15-39)29-3-2-4-31(38-29)43-18-23-6-5-21(14-35)11-25(23)34/h2-8,11-12,19,24H,9-10,13,15-18H2,1H3,(H,41,42)/t24-,33?/m1/s1. The molecule has 5 aromatic rings. The molecule has 0 amide bonds. The normalized spacial score (nSPS) is 19.4. The molecule has 0 spiro atoms. The second-order valence-electron chi connectivity index (χ2n) is 11.6. The molecule has 2 aliphatic rings. The summed E-state index contributed by atoms with van der Waals surface area (Å²) in [7, 11) is 0. The van der Waals surface area contributed by atoms with Gasteiger partial charge in [-0.25, -0.2) is 24.1 Å². The summed E-state index contributed by atoms with van der Waals surface area (Å²) in [5, 5.41) is 18.6. The van der Waals surface area contributed by atoms with Gasteiger partial charge < -0.3 is 14.4 Å². The van der Waals surface area contributed by atoms with Crippen molar-refractivity contribution in [2.75, 3.05) is 13.1 Å². The summed E-state index contributed by atoms with van der Waals surface area (Å²) in [4.78, 5) is 29.4. The smallest absolute Gasteiger partial charge is 0.335 e. The van der Waals surface area contributed by atoms with Gasteiger partial charge in [-0.15, -0.1) is 11.3 Å². The van der Waals surface area contributed by atoms with Gasteiger partial charge in [0.05, 0.1) is 58.2 Å². The minimum absolute atomic E-state index is 0.00579. The van der Waals surface area contributed by atoms with E-state index in [1.54, 1.807) is 47.7 Å². The Morgan fingerprint density at radius 1 is 1.20 bits per heavy atom. The zero-order valence-electron chi connectivity index (χ0n) is 24.0. The minimum atomic E-state index is -0.958. The third-order valence-corrected chi connectivity index (χ3v) is 9.88. The zero-order chi connectivity index (χ0) is 30.4. The number of carbonyl (C=O) groups is 1. The SMILES string of the molecule is Cc1ncsc1Cn1c(CN2CCC3(c4cccc(OCc5ccc(C#N)cc5F)n4)C[C@@H]3C2)nc2ccc(C(=O)O)cc21. The van der Waals surface area contributed by atoms with Crippen LogP contribution in [0.3, 0.4) is 0 Å². The van der Waals surface area contributed by atoms with Crippen LogP contribution in [0, 0.1) is 30.0 Å². The average Bonchev–Trinajstić information content (AvgIpc) is 3.49. The summed E-state index contributed by atoms with van der Waals surface area (Å²) in [5.74, 6) is 0.399. The molecule has 1 saturated heterocycles. The van der Waals surface area contributed by atoms with E-state index in [2.05, 4.69) is 20.5 Å². The van der Waals surface area contributed by atoms with Gasteiger partial charge in [0.25, 0.3) is 0 Å². The van der Waals surface area contributed by atoms with E-state index in [0.717, 1.165) is 59.1 Å². The Labute approximate surface area is 257 Å². The number of carboxylic acid groups (broad SMARTS) is 1. The molecule has 3 aromatic heterocycles. The Kier molecular flexibility index (Phi) is 7.11. The number of halogens is 1. The molecule has 0 bridgehead atoms. The van der Waals surface area contributed by atoms with E-state index in [9.17, 15) is 14.3 Å². The predicted octanol–water partition coefficient (Wildman–Crippen LogP) is 5.70. The maximum atomic E-state index is 14.3. The van der Waals surface area contributed by atoms with Crippen molar-refractivity contribution in [2.24, 2.45) is 5.92 Å². The summed E-state index contributed by atoms with van der Waals surface area (Å²) in [6.07, 6.45) is 2.00. The van der Waals surface area contributed by atoms with Gasteiger partial charge in [0, 0.05) is 28.5 Å². The van der Waals surface area contributed by atoms with Gasteiger partial charge in [0.2, 0.25) is 5.88 Å². The van der Waals surface area contributed by atoms with Crippen molar-refractivity contribution in [3.8, 4) is 11.9 Å². The summed E-state index contributed by atoms with van der Waals surface area (Å²) < 4.78 is 22.3. The largest absolute Gasteiger partial charge is 0.478 e. The molecule has 4 heterocycles. The van der Waals surface area contributed by atoms with E-state index in [0.29, 0.717) is 30.5 Å². The number of nitriles is 1. The molecule has 1 aliphatic heterocycles. The van der Waals surface area contributed by atoms with Gasteiger partial charge in [-0.1, -0.05) is 12.1 Å². The molecule has 1 aliphatic carbocycles. The number of aryl methyl sites for hydroxylation is 1. The molecule has 0 radical (unpaired) electrons. The van der Waals surface area contributed by atoms with Crippen molar-refractivity contribution >= 4 is 28.3 Å². The van der Waals surface area contributed by atoms with Gasteiger partial charge in [-0.05, 0) is 68.6 Å². The number of benzene rings is 2. The Morgan fingerprint density at radius 2 is 2.09 bits per heavy atom. The van der Waals surface area contributed by atoms with Crippen LogP contribution < -0.4 is 4.74 Å². The predicted molar refractivity (Wildman–Crippen MR) is 162 cm³/mol. The second kappa shape index (κ2) is 11.1. The lowest BCUT2D eigenvalue weighted by atomic mass is 9.91. The average molecular weight is 609 g/mol.